The minimum absolute atomic E-state index is 0.0249. The normalized spacial score (nSPS) is 23.1. The molecule has 1 amide bonds. The highest BCUT2D eigenvalue weighted by atomic mass is 16.5. The van der Waals surface area contributed by atoms with Gasteiger partial charge in [-0.15, -0.1) is 0 Å². The lowest BCUT2D eigenvalue weighted by Gasteiger charge is -2.26. The first-order chi connectivity index (χ1) is 7.79. The van der Waals surface area contributed by atoms with Gasteiger partial charge in [-0.25, -0.2) is 4.98 Å². The van der Waals surface area contributed by atoms with Gasteiger partial charge in [0.2, 0.25) is 11.8 Å². The van der Waals surface area contributed by atoms with Crippen LogP contribution in [0.3, 0.4) is 0 Å². The number of rotatable bonds is 2. The standard InChI is InChI=1S/C10H12N4O2/c1-16-10-7-8(11-4-12-10)13-6(5-2-3-5)9(15)14-7/h4-6H,2-3H2,1H3,(H,14,15)(H,11,12,13). The van der Waals surface area contributed by atoms with E-state index in [2.05, 4.69) is 20.6 Å². The SMILES string of the molecule is COc1ncnc2c1NC(=O)C(C1CC1)N2. The van der Waals surface area contributed by atoms with E-state index in [0.29, 0.717) is 23.3 Å². The summed E-state index contributed by atoms with van der Waals surface area (Å²) < 4.78 is 5.07. The van der Waals surface area contributed by atoms with Crippen LogP contribution in [-0.4, -0.2) is 29.0 Å². The third kappa shape index (κ3) is 1.37. The molecule has 84 valence electrons. The molecule has 0 radical (unpaired) electrons. The fourth-order valence-corrected chi connectivity index (χ4v) is 1.92. The number of aromatic nitrogens is 2. The summed E-state index contributed by atoms with van der Waals surface area (Å²) in [5, 5.41) is 5.94. The van der Waals surface area contributed by atoms with Gasteiger partial charge in [-0.05, 0) is 18.8 Å². The minimum Gasteiger partial charge on any atom is -0.479 e. The summed E-state index contributed by atoms with van der Waals surface area (Å²) in [7, 11) is 1.52. The molecule has 6 heteroatoms. The maximum atomic E-state index is 11.8. The summed E-state index contributed by atoms with van der Waals surface area (Å²) in [5.41, 5.74) is 0.534. The Morgan fingerprint density at radius 1 is 1.44 bits per heavy atom. The predicted molar refractivity (Wildman–Crippen MR) is 57.3 cm³/mol. The summed E-state index contributed by atoms with van der Waals surface area (Å²) >= 11 is 0. The van der Waals surface area contributed by atoms with Crippen molar-refractivity contribution in [2.75, 3.05) is 17.7 Å². The van der Waals surface area contributed by atoms with Crippen LogP contribution >= 0.6 is 0 Å². The molecule has 1 aliphatic carbocycles. The zero-order chi connectivity index (χ0) is 11.1. The van der Waals surface area contributed by atoms with Crippen LogP contribution in [0.4, 0.5) is 11.5 Å². The van der Waals surface area contributed by atoms with Crippen molar-refractivity contribution in [1.82, 2.24) is 9.97 Å². The van der Waals surface area contributed by atoms with Crippen molar-refractivity contribution in [3.05, 3.63) is 6.33 Å². The Kier molecular flexibility index (Phi) is 1.95. The highest BCUT2D eigenvalue weighted by Crippen LogP contribution is 2.39. The molecule has 1 fully saturated rings. The maximum Gasteiger partial charge on any atom is 0.247 e. The first-order valence-corrected chi connectivity index (χ1v) is 5.26. The van der Waals surface area contributed by atoms with Gasteiger partial charge in [0, 0.05) is 0 Å². The molecule has 16 heavy (non-hydrogen) atoms. The molecule has 0 saturated heterocycles. The second-order valence-electron chi connectivity index (χ2n) is 4.06. The molecule has 2 heterocycles. The van der Waals surface area contributed by atoms with Crippen LogP contribution in [0.5, 0.6) is 5.88 Å². The second-order valence-corrected chi connectivity index (χ2v) is 4.06. The largest absolute Gasteiger partial charge is 0.479 e. The van der Waals surface area contributed by atoms with Crippen molar-refractivity contribution in [3.8, 4) is 5.88 Å². The second kappa shape index (κ2) is 3.33. The fourth-order valence-electron chi connectivity index (χ4n) is 1.92. The molecular formula is C10H12N4O2. The third-order valence-corrected chi connectivity index (χ3v) is 2.92. The van der Waals surface area contributed by atoms with Gasteiger partial charge in [0.15, 0.2) is 5.82 Å². The molecule has 1 atom stereocenters. The fraction of sp³-hybridized carbons (Fsp3) is 0.500. The van der Waals surface area contributed by atoms with Crippen molar-refractivity contribution in [3.63, 3.8) is 0 Å². The van der Waals surface area contributed by atoms with E-state index in [9.17, 15) is 4.79 Å². The Balaban J connectivity index is 1.96. The topological polar surface area (TPSA) is 76.1 Å². The molecule has 6 nitrogen and oxygen atoms in total. The zero-order valence-corrected chi connectivity index (χ0v) is 8.86. The van der Waals surface area contributed by atoms with E-state index >= 15 is 0 Å². The average Bonchev–Trinajstić information content (AvgIpc) is 3.11. The van der Waals surface area contributed by atoms with Crippen LogP contribution in [-0.2, 0) is 4.79 Å². The molecule has 1 saturated carbocycles. The molecule has 1 aliphatic heterocycles. The highest BCUT2D eigenvalue weighted by Gasteiger charge is 2.40. The van der Waals surface area contributed by atoms with E-state index < -0.39 is 0 Å². The van der Waals surface area contributed by atoms with E-state index in [-0.39, 0.29) is 11.9 Å². The van der Waals surface area contributed by atoms with Crippen molar-refractivity contribution >= 4 is 17.4 Å². The first kappa shape index (κ1) is 9.38. The molecule has 0 spiro atoms. The van der Waals surface area contributed by atoms with Crippen molar-refractivity contribution in [1.29, 1.82) is 0 Å². The van der Waals surface area contributed by atoms with Gasteiger partial charge in [-0.2, -0.15) is 4.98 Å². The van der Waals surface area contributed by atoms with Gasteiger partial charge in [0.1, 0.15) is 18.1 Å². The number of fused-ring (bicyclic) bond motifs is 1. The van der Waals surface area contributed by atoms with Crippen LogP contribution in [0, 0.1) is 5.92 Å². The van der Waals surface area contributed by atoms with E-state index in [1.54, 1.807) is 0 Å². The lowest BCUT2D eigenvalue weighted by Crippen LogP contribution is -2.41. The highest BCUT2D eigenvalue weighted by molar-refractivity contribution is 6.03. The van der Waals surface area contributed by atoms with Gasteiger partial charge in [0.05, 0.1) is 7.11 Å². The van der Waals surface area contributed by atoms with Gasteiger partial charge in [-0.3, -0.25) is 4.79 Å². The monoisotopic (exact) mass is 220 g/mol. The summed E-state index contributed by atoms with van der Waals surface area (Å²) in [4.78, 5) is 19.9. The summed E-state index contributed by atoms with van der Waals surface area (Å²) in [6, 6.07) is -0.160. The molecule has 1 unspecified atom stereocenters. The number of carbonyl (C=O) groups is 1. The Hall–Kier alpha value is -1.85. The molecule has 3 rings (SSSR count). The number of anilines is 2. The molecule has 1 aromatic rings. The van der Waals surface area contributed by atoms with Crippen LogP contribution in [0.15, 0.2) is 6.33 Å². The number of hydrogen-bond acceptors (Lipinski definition) is 5. The Morgan fingerprint density at radius 2 is 2.25 bits per heavy atom. The van der Waals surface area contributed by atoms with E-state index in [1.165, 1.54) is 13.4 Å². The van der Waals surface area contributed by atoms with Gasteiger partial charge in [-0.1, -0.05) is 0 Å². The number of nitrogens with one attached hydrogen (secondary N) is 2. The lowest BCUT2D eigenvalue weighted by atomic mass is 10.1. The third-order valence-electron chi connectivity index (χ3n) is 2.92. The van der Waals surface area contributed by atoms with E-state index in [1.807, 2.05) is 0 Å². The molecule has 2 aliphatic rings. The predicted octanol–water partition coefficient (Wildman–Crippen LogP) is 0.628. The van der Waals surface area contributed by atoms with Crippen LogP contribution in [0.25, 0.3) is 0 Å². The molecule has 1 aromatic heterocycles. The number of hydrogen-bond donors (Lipinski definition) is 2. The van der Waals surface area contributed by atoms with Crippen LogP contribution < -0.4 is 15.4 Å². The molecule has 0 bridgehead atoms. The summed E-state index contributed by atoms with van der Waals surface area (Å²) in [6.45, 7) is 0. The summed E-state index contributed by atoms with van der Waals surface area (Å²) in [6.07, 6.45) is 3.62. The number of carbonyl (C=O) groups excluding carboxylic acids is 1. The number of nitrogens with zero attached hydrogens (tertiary/aromatic N) is 2. The number of amides is 1. The van der Waals surface area contributed by atoms with Gasteiger partial charge < -0.3 is 15.4 Å². The van der Waals surface area contributed by atoms with Gasteiger partial charge >= 0.3 is 0 Å². The van der Waals surface area contributed by atoms with Crippen molar-refractivity contribution in [2.45, 2.75) is 18.9 Å². The Bertz CT molecular complexity index is 444. The number of ether oxygens (including phenoxy) is 1. The number of methoxy groups -OCH3 is 1. The van der Waals surface area contributed by atoms with Crippen molar-refractivity contribution < 1.29 is 9.53 Å². The van der Waals surface area contributed by atoms with E-state index in [4.69, 9.17) is 4.74 Å². The first-order valence-electron chi connectivity index (χ1n) is 5.26. The summed E-state index contributed by atoms with van der Waals surface area (Å²) in [5.74, 6) is 1.45. The minimum atomic E-state index is -0.160. The maximum absolute atomic E-state index is 11.8. The average molecular weight is 220 g/mol. The van der Waals surface area contributed by atoms with Crippen LogP contribution in [0.2, 0.25) is 0 Å². The quantitative estimate of drug-likeness (QED) is 0.764. The van der Waals surface area contributed by atoms with Crippen LogP contribution in [0.1, 0.15) is 12.8 Å². The molecule has 0 aromatic carbocycles. The van der Waals surface area contributed by atoms with E-state index in [0.717, 1.165) is 12.8 Å². The zero-order valence-electron chi connectivity index (χ0n) is 8.86. The molecular weight excluding hydrogens is 208 g/mol. The Morgan fingerprint density at radius 3 is 2.94 bits per heavy atom. The van der Waals surface area contributed by atoms with Crippen molar-refractivity contribution in [2.24, 2.45) is 5.92 Å². The lowest BCUT2D eigenvalue weighted by molar-refractivity contribution is -0.117. The molecule has 2 N–H and O–H groups in total. The Labute approximate surface area is 92.4 Å². The van der Waals surface area contributed by atoms with Gasteiger partial charge in [0.25, 0.3) is 0 Å². The smallest absolute Gasteiger partial charge is 0.247 e.